The van der Waals surface area contributed by atoms with Crippen LogP contribution in [0.4, 0.5) is 5.69 Å². The molecule has 0 amide bonds. The zero-order chi connectivity index (χ0) is 10.6. The first-order valence-corrected chi connectivity index (χ1v) is 5.59. The van der Waals surface area contributed by atoms with Gasteiger partial charge in [-0.2, -0.15) is 0 Å². The zero-order valence-electron chi connectivity index (χ0n) is 7.26. The van der Waals surface area contributed by atoms with Crippen molar-refractivity contribution in [3.63, 3.8) is 0 Å². The van der Waals surface area contributed by atoms with Crippen LogP contribution in [0.25, 0.3) is 0 Å². The lowest BCUT2D eigenvalue weighted by molar-refractivity contribution is -0.136. The van der Waals surface area contributed by atoms with Crippen molar-refractivity contribution in [1.29, 1.82) is 0 Å². The summed E-state index contributed by atoms with van der Waals surface area (Å²) in [6.45, 7) is 0.421. The molecule has 0 heterocycles. The maximum absolute atomic E-state index is 10.3. The third kappa shape index (κ3) is 3.67. The molecule has 0 bridgehead atoms. The molecule has 76 valence electrons. The molecule has 0 saturated heterocycles. The van der Waals surface area contributed by atoms with E-state index in [-0.39, 0.29) is 6.42 Å². The Hall–Kier alpha value is -0.550. The van der Waals surface area contributed by atoms with E-state index in [0.717, 1.165) is 14.6 Å². The van der Waals surface area contributed by atoms with Gasteiger partial charge in [0.05, 0.1) is 6.42 Å². The van der Waals surface area contributed by atoms with Crippen molar-refractivity contribution in [3.8, 4) is 0 Å². The van der Waals surface area contributed by atoms with E-state index in [4.69, 9.17) is 5.11 Å². The van der Waals surface area contributed by atoms with Gasteiger partial charge in [-0.05, 0) is 34.1 Å². The molecule has 1 aromatic rings. The number of hydrogen-bond donors (Lipinski definition) is 2. The first-order chi connectivity index (χ1) is 6.59. The normalized spacial score (nSPS) is 9.86. The van der Waals surface area contributed by atoms with Crippen molar-refractivity contribution >= 4 is 43.5 Å². The molecular weight excluding hydrogens is 314 g/mol. The first kappa shape index (κ1) is 11.5. The van der Waals surface area contributed by atoms with Gasteiger partial charge in [-0.15, -0.1) is 0 Å². The minimum atomic E-state index is -0.802. The number of nitrogens with one attached hydrogen (secondary N) is 1. The molecule has 0 aromatic heterocycles. The second-order valence-electron chi connectivity index (χ2n) is 2.69. The van der Waals surface area contributed by atoms with Crippen molar-refractivity contribution in [3.05, 3.63) is 27.1 Å². The second kappa shape index (κ2) is 5.36. The van der Waals surface area contributed by atoms with Gasteiger partial charge in [0, 0.05) is 21.2 Å². The third-order valence-corrected chi connectivity index (χ3v) is 2.77. The predicted octanol–water partition coefficient (Wildman–Crippen LogP) is 3.10. The molecule has 14 heavy (non-hydrogen) atoms. The van der Waals surface area contributed by atoms with Gasteiger partial charge in [0.15, 0.2) is 0 Å². The van der Waals surface area contributed by atoms with Gasteiger partial charge in [0.2, 0.25) is 0 Å². The van der Waals surface area contributed by atoms with Crippen molar-refractivity contribution in [2.24, 2.45) is 0 Å². The Kier molecular flexibility index (Phi) is 4.41. The fourth-order valence-corrected chi connectivity index (χ4v) is 1.68. The monoisotopic (exact) mass is 321 g/mol. The number of carboxylic acids is 1. The lowest BCUT2D eigenvalue weighted by Crippen LogP contribution is -2.07. The zero-order valence-corrected chi connectivity index (χ0v) is 10.4. The number of carboxylic acid groups (broad SMARTS) is 1. The third-order valence-electron chi connectivity index (χ3n) is 1.58. The number of anilines is 1. The molecule has 3 nitrogen and oxygen atoms in total. The number of hydrogen-bond acceptors (Lipinski definition) is 2. The van der Waals surface area contributed by atoms with E-state index >= 15 is 0 Å². The summed E-state index contributed by atoms with van der Waals surface area (Å²) in [7, 11) is 0. The fraction of sp³-hybridized carbons (Fsp3) is 0.222. The summed E-state index contributed by atoms with van der Waals surface area (Å²) in [5.74, 6) is -0.802. The minimum absolute atomic E-state index is 0.110. The minimum Gasteiger partial charge on any atom is -0.481 e. The highest BCUT2D eigenvalue weighted by Crippen LogP contribution is 2.25. The molecule has 0 saturated carbocycles. The van der Waals surface area contributed by atoms with Crippen LogP contribution in [0, 0.1) is 0 Å². The van der Waals surface area contributed by atoms with Gasteiger partial charge < -0.3 is 10.4 Å². The molecule has 0 atom stereocenters. The predicted molar refractivity (Wildman–Crippen MR) is 62.6 cm³/mol. The van der Waals surface area contributed by atoms with Crippen molar-refractivity contribution in [1.82, 2.24) is 0 Å². The van der Waals surface area contributed by atoms with Crippen LogP contribution in [-0.4, -0.2) is 17.6 Å². The average molecular weight is 323 g/mol. The lowest BCUT2D eigenvalue weighted by atomic mass is 10.3. The van der Waals surface area contributed by atoms with E-state index in [1.807, 2.05) is 18.2 Å². The highest BCUT2D eigenvalue weighted by molar-refractivity contribution is 9.11. The molecule has 2 N–H and O–H groups in total. The van der Waals surface area contributed by atoms with Crippen LogP contribution in [0.5, 0.6) is 0 Å². The molecule has 0 fully saturated rings. The smallest absolute Gasteiger partial charge is 0.305 e. The standard InChI is InChI=1S/C9H9Br2NO2/c10-6-1-2-7(11)8(5-6)12-4-3-9(13)14/h1-2,5,12H,3-4H2,(H,13,14). The van der Waals surface area contributed by atoms with Crippen molar-refractivity contribution in [2.45, 2.75) is 6.42 Å². The molecular formula is C9H9Br2NO2. The quantitative estimate of drug-likeness (QED) is 0.895. The van der Waals surface area contributed by atoms with E-state index in [1.165, 1.54) is 0 Å². The summed E-state index contributed by atoms with van der Waals surface area (Å²) in [4.78, 5) is 10.3. The Bertz CT molecular complexity index is 342. The highest BCUT2D eigenvalue weighted by atomic mass is 79.9. The number of aliphatic carboxylic acids is 1. The van der Waals surface area contributed by atoms with Crippen LogP contribution in [-0.2, 0) is 4.79 Å². The number of halogens is 2. The van der Waals surface area contributed by atoms with Crippen molar-refractivity contribution < 1.29 is 9.90 Å². The van der Waals surface area contributed by atoms with Crippen LogP contribution >= 0.6 is 31.9 Å². The van der Waals surface area contributed by atoms with Gasteiger partial charge >= 0.3 is 5.97 Å². The molecule has 1 rings (SSSR count). The molecule has 0 radical (unpaired) electrons. The largest absolute Gasteiger partial charge is 0.481 e. The van der Waals surface area contributed by atoms with Crippen LogP contribution in [0.15, 0.2) is 27.1 Å². The average Bonchev–Trinajstić information content (AvgIpc) is 2.10. The summed E-state index contributed by atoms with van der Waals surface area (Å²) in [6, 6.07) is 5.70. The van der Waals surface area contributed by atoms with E-state index in [0.29, 0.717) is 6.54 Å². The second-order valence-corrected chi connectivity index (χ2v) is 4.46. The number of rotatable bonds is 4. The topological polar surface area (TPSA) is 49.3 Å². The Morgan fingerprint density at radius 1 is 1.43 bits per heavy atom. The van der Waals surface area contributed by atoms with Gasteiger partial charge in [-0.25, -0.2) is 0 Å². The van der Waals surface area contributed by atoms with Crippen LogP contribution < -0.4 is 5.32 Å². The van der Waals surface area contributed by atoms with Crippen LogP contribution in [0.3, 0.4) is 0 Å². The van der Waals surface area contributed by atoms with E-state index in [2.05, 4.69) is 37.2 Å². The van der Waals surface area contributed by atoms with E-state index in [1.54, 1.807) is 0 Å². The van der Waals surface area contributed by atoms with E-state index in [9.17, 15) is 4.79 Å². The number of benzene rings is 1. The first-order valence-electron chi connectivity index (χ1n) is 4.00. The Morgan fingerprint density at radius 3 is 2.79 bits per heavy atom. The number of carbonyl (C=O) groups is 1. The van der Waals surface area contributed by atoms with E-state index < -0.39 is 5.97 Å². The Balaban J connectivity index is 2.57. The maximum Gasteiger partial charge on any atom is 0.305 e. The summed E-state index contributed by atoms with van der Waals surface area (Å²) < 4.78 is 1.88. The Labute approximate surface area is 98.8 Å². The van der Waals surface area contributed by atoms with Gasteiger partial charge in [0.1, 0.15) is 0 Å². The fourth-order valence-electron chi connectivity index (χ4n) is 0.937. The highest BCUT2D eigenvalue weighted by Gasteiger charge is 2.01. The summed E-state index contributed by atoms with van der Waals surface area (Å²) in [5.41, 5.74) is 0.889. The van der Waals surface area contributed by atoms with Crippen LogP contribution in [0.2, 0.25) is 0 Å². The van der Waals surface area contributed by atoms with Gasteiger partial charge in [-0.3, -0.25) is 4.79 Å². The molecule has 0 aliphatic carbocycles. The van der Waals surface area contributed by atoms with Crippen molar-refractivity contribution in [2.75, 3.05) is 11.9 Å². The maximum atomic E-state index is 10.3. The lowest BCUT2D eigenvalue weighted by Gasteiger charge is -2.07. The SMILES string of the molecule is O=C(O)CCNc1cc(Br)ccc1Br. The molecule has 0 unspecified atom stereocenters. The van der Waals surface area contributed by atoms with Gasteiger partial charge in [0.25, 0.3) is 0 Å². The summed E-state index contributed by atoms with van der Waals surface area (Å²) in [5, 5.41) is 11.5. The summed E-state index contributed by atoms with van der Waals surface area (Å²) >= 11 is 6.71. The van der Waals surface area contributed by atoms with Crippen LogP contribution in [0.1, 0.15) is 6.42 Å². The molecule has 1 aromatic carbocycles. The molecule has 0 aliphatic rings. The molecule has 0 spiro atoms. The molecule has 0 aliphatic heterocycles. The van der Waals surface area contributed by atoms with Gasteiger partial charge in [-0.1, -0.05) is 15.9 Å². The Morgan fingerprint density at radius 2 is 2.14 bits per heavy atom. The molecule has 5 heteroatoms. The summed E-state index contributed by atoms with van der Waals surface area (Å²) in [6.07, 6.45) is 0.110.